The topological polar surface area (TPSA) is 46.3 Å². The Labute approximate surface area is 138 Å². The Morgan fingerprint density at radius 2 is 2.14 bits per heavy atom. The van der Waals surface area contributed by atoms with Crippen molar-refractivity contribution in [1.29, 1.82) is 0 Å². The molecule has 2 heterocycles. The van der Waals surface area contributed by atoms with Gasteiger partial charge in [0.25, 0.3) is 0 Å². The summed E-state index contributed by atoms with van der Waals surface area (Å²) in [6.07, 6.45) is 2.48. The van der Waals surface area contributed by atoms with Crippen molar-refractivity contribution in [2.45, 2.75) is 29.5 Å². The van der Waals surface area contributed by atoms with E-state index in [2.05, 4.69) is 4.98 Å². The number of fused-ring (bicyclic) bond motifs is 1. The molecule has 1 saturated heterocycles. The highest BCUT2D eigenvalue weighted by atomic mass is 35.5. The Hall–Kier alpha value is -1.26. The van der Waals surface area contributed by atoms with Crippen molar-refractivity contribution in [1.82, 2.24) is 9.88 Å². The molecule has 1 aromatic heterocycles. The molecule has 22 heavy (non-hydrogen) atoms. The van der Waals surface area contributed by atoms with Gasteiger partial charge in [0.05, 0.1) is 11.8 Å². The summed E-state index contributed by atoms with van der Waals surface area (Å²) in [5.74, 6) is 0.672. The number of oxazole rings is 1. The highest BCUT2D eigenvalue weighted by molar-refractivity contribution is 6.52. The van der Waals surface area contributed by atoms with E-state index >= 15 is 0 Å². The fraction of sp³-hybridized carbons (Fsp3) is 0.500. The van der Waals surface area contributed by atoms with E-state index in [1.807, 2.05) is 29.2 Å². The zero-order valence-electron chi connectivity index (χ0n) is 12.0. The fourth-order valence-corrected chi connectivity index (χ4v) is 3.64. The third-order valence-corrected chi connectivity index (χ3v) is 5.35. The van der Waals surface area contributed by atoms with E-state index in [0.717, 1.165) is 36.4 Å². The highest BCUT2D eigenvalue weighted by Crippen LogP contribution is 2.54. The number of aromatic nitrogens is 1. The molecule has 2 atom stereocenters. The first-order valence-corrected chi connectivity index (χ1v) is 8.32. The quantitative estimate of drug-likeness (QED) is 0.784. The molecule has 0 N–H and O–H groups in total. The molecule has 1 aliphatic heterocycles. The summed E-state index contributed by atoms with van der Waals surface area (Å²) >= 11 is 12.0. The summed E-state index contributed by atoms with van der Waals surface area (Å²) < 4.78 is 4.99. The highest BCUT2D eigenvalue weighted by Gasteiger charge is 2.57. The predicted molar refractivity (Wildman–Crippen MR) is 85.1 cm³/mol. The van der Waals surface area contributed by atoms with Gasteiger partial charge in [-0.1, -0.05) is 12.1 Å². The molecule has 1 saturated carbocycles. The zero-order valence-corrected chi connectivity index (χ0v) is 13.5. The first-order chi connectivity index (χ1) is 10.5. The molecule has 2 aromatic rings. The van der Waals surface area contributed by atoms with Gasteiger partial charge in [0.1, 0.15) is 9.85 Å². The largest absolute Gasteiger partial charge is 0.440 e. The maximum atomic E-state index is 12.4. The van der Waals surface area contributed by atoms with Crippen LogP contribution in [-0.4, -0.2) is 33.2 Å². The summed E-state index contributed by atoms with van der Waals surface area (Å²) in [6.45, 7) is 1.39. The normalized spacial score (nSPS) is 27.1. The van der Waals surface area contributed by atoms with Gasteiger partial charge >= 0.3 is 0 Å². The number of para-hydroxylation sites is 2. The van der Waals surface area contributed by atoms with E-state index in [-0.39, 0.29) is 17.7 Å². The van der Waals surface area contributed by atoms with Crippen molar-refractivity contribution in [3.63, 3.8) is 0 Å². The predicted octanol–water partition coefficient (Wildman–Crippen LogP) is 3.73. The third kappa shape index (κ3) is 2.48. The summed E-state index contributed by atoms with van der Waals surface area (Å²) in [6, 6.07) is 7.73. The number of carbonyl (C=O) groups is 1. The van der Waals surface area contributed by atoms with Crippen molar-refractivity contribution in [3.05, 3.63) is 30.2 Å². The molecule has 1 aromatic carbocycles. The molecule has 2 aliphatic rings. The Bertz CT molecular complexity index is 695. The van der Waals surface area contributed by atoms with Crippen LogP contribution in [0.5, 0.6) is 0 Å². The van der Waals surface area contributed by atoms with E-state index in [9.17, 15) is 4.79 Å². The number of likely N-dealkylation sites (tertiary alicyclic amines) is 1. The van der Waals surface area contributed by atoms with Gasteiger partial charge in [-0.15, -0.1) is 23.2 Å². The fourth-order valence-electron chi connectivity index (χ4n) is 3.15. The number of hydrogen-bond acceptors (Lipinski definition) is 3. The number of amides is 1. The molecule has 1 aliphatic carbocycles. The molecule has 2 unspecified atom stereocenters. The van der Waals surface area contributed by atoms with Gasteiger partial charge in [0.2, 0.25) is 5.91 Å². The van der Waals surface area contributed by atoms with E-state index in [1.54, 1.807) is 0 Å². The van der Waals surface area contributed by atoms with Gasteiger partial charge < -0.3 is 9.32 Å². The lowest BCUT2D eigenvalue weighted by atomic mass is 9.97. The summed E-state index contributed by atoms with van der Waals surface area (Å²) in [5, 5.41) is 0. The van der Waals surface area contributed by atoms with Crippen LogP contribution in [0.2, 0.25) is 0 Å². The second-order valence-corrected chi connectivity index (χ2v) is 7.70. The van der Waals surface area contributed by atoms with Crippen LogP contribution in [0.15, 0.2) is 28.7 Å². The van der Waals surface area contributed by atoms with E-state index in [1.165, 1.54) is 0 Å². The number of piperidine rings is 1. The van der Waals surface area contributed by atoms with Crippen molar-refractivity contribution >= 4 is 40.2 Å². The average Bonchev–Trinajstić information content (AvgIpc) is 2.98. The smallest absolute Gasteiger partial charge is 0.228 e. The molecule has 2 fully saturated rings. The molecule has 6 heteroatoms. The number of alkyl halides is 2. The van der Waals surface area contributed by atoms with Gasteiger partial charge in [-0.25, -0.2) is 4.98 Å². The maximum Gasteiger partial charge on any atom is 0.228 e. The van der Waals surface area contributed by atoms with Crippen LogP contribution in [0.25, 0.3) is 11.1 Å². The first-order valence-electron chi connectivity index (χ1n) is 7.57. The molecular formula is C16H16Cl2N2O2. The summed E-state index contributed by atoms with van der Waals surface area (Å²) in [4.78, 5) is 18.9. The van der Waals surface area contributed by atoms with Crippen LogP contribution in [-0.2, 0) is 4.79 Å². The number of hydrogen-bond donors (Lipinski definition) is 0. The Kier molecular flexibility index (Phi) is 3.35. The van der Waals surface area contributed by atoms with E-state index < -0.39 is 4.33 Å². The first kappa shape index (κ1) is 14.3. The van der Waals surface area contributed by atoms with E-state index in [4.69, 9.17) is 27.6 Å². The molecule has 116 valence electrons. The van der Waals surface area contributed by atoms with Crippen LogP contribution in [0.1, 0.15) is 31.1 Å². The monoisotopic (exact) mass is 338 g/mol. The van der Waals surface area contributed by atoms with Crippen LogP contribution in [0.3, 0.4) is 0 Å². The van der Waals surface area contributed by atoms with Gasteiger partial charge in [0, 0.05) is 13.1 Å². The minimum absolute atomic E-state index is 0.0609. The second-order valence-electron chi connectivity index (χ2n) is 6.16. The maximum absolute atomic E-state index is 12.4. The number of halogens is 2. The van der Waals surface area contributed by atoms with Crippen LogP contribution < -0.4 is 0 Å². The molecular weight excluding hydrogens is 323 g/mol. The van der Waals surface area contributed by atoms with Crippen molar-refractivity contribution in [3.8, 4) is 0 Å². The van der Waals surface area contributed by atoms with Crippen molar-refractivity contribution in [2.24, 2.45) is 5.92 Å². The molecule has 4 nitrogen and oxygen atoms in total. The summed E-state index contributed by atoms with van der Waals surface area (Å²) in [7, 11) is 0. The molecule has 1 amide bonds. The molecule has 0 bridgehead atoms. The lowest BCUT2D eigenvalue weighted by molar-refractivity contribution is -0.133. The van der Waals surface area contributed by atoms with Crippen LogP contribution in [0, 0.1) is 5.92 Å². The number of nitrogens with zero attached hydrogens (tertiary/aromatic N) is 2. The van der Waals surface area contributed by atoms with Gasteiger partial charge in [-0.3, -0.25) is 4.79 Å². The minimum Gasteiger partial charge on any atom is -0.440 e. The summed E-state index contributed by atoms with van der Waals surface area (Å²) in [5.41, 5.74) is 1.66. The van der Waals surface area contributed by atoms with E-state index in [0.29, 0.717) is 13.0 Å². The SMILES string of the molecule is O=C(C1CC1(Cl)Cl)N1CCCC(c2nc3ccccc3o2)C1. The average molecular weight is 339 g/mol. The van der Waals surface area contributed by atoms with Crippen molar-refractivity contribution in [2.75, 3.05) is 13.1 Å². The molecule has 4 rings (SSSR count). The minimum atomic E-state index is -0.859. The Morgan fingerprint density at radius 1 is 1.36 bits per heavy atom. The van der Waals surface area contributed by atoms with Crippen LogP contribution >= 0.6 is 23.2 Å². The third-order valence-electron chi connectivity index (χ3n) is 4.52. The Morgan fingerprint density at radius 3 is 2.86 bits per heavy atom. The second kappa shape index (κ2) is 5.14. The molecule has 0 spiro atoms. The number of benzene rings is 1. The lowest BCUT2D eigenvalue weighted by Crippen LogP contribution is -2.40. The van der Waals surface area contributed by atoms with Crippen molar-refractivity contribution < 1.29 is 9.21 Å². The number of rotatable bonds is 2. The van der Waals surface area contributed by atoms with Gasteiger partial charge in [-0.2, -0.15) is 0 Å². The van der Waals surface area contributed by atoms with Gasteiger partial charge in [-0.05, 0) is 31.4 Å². The number of carbonyl (C=O) groups excluding carboxylic acids is 1. The lowest BCUT2D eigenvalue weighted by Gasteiger charge is -2.31. The zero-order chi connectivity index (χ0) is 15.3. The standard InChI is InChI=1S/C16H16Cl2N2O2/c17-16(18)8-11(16)15(21)20-7-3-4-10(9-20)14-19-12-5-1-2-6-13(12)22-14/h1-2,5-6,10-11H,3-4,7-9H2. The Balaban J connectivity index is 1.52. The van der Waals surface area contributed by atoms with Crippen LogP contribution in [0.4, 0.5) is 0 Å². The molecule has 0 radical (unpaired) electrons. The van der Waals surface area contributed by atoms with Gasteiger partial charge in [0.15, 0.2) is 11.5 Å².